The Morgan fingerprint density at radius 3 is 1.63 bits per heavy atom. The molecule has 18 heteroatoms. The molecular weight excluding hydrogens is 846 g/mol. The average Bonchev–Trinajstić information content (AvgIpc) is 3.27. The van der Waals surface area contributed by atoms with Gasteiger partial charge in [-0.2, -0.15) is 9.97 Å². The van der Waals surface area contributed by atoms with Gasteiger partial charge < -0.3 is 36.0 Å². The van der Waals surface area contributed by atoms with Crippen LogP contribution in [0.2, 0.25) is 10.0 Å². The Kier molecular flexibility index (Phi) is 13.8. The number of halogens is 2. The molecule has 6 aromatic rings. The van der Waals surface area contributed by atoms with Gasteiger partial charge in [0.1, 0.15) is 12.7 Å². The minimum atomic E-state index is -0.297. The van der Waals surface area contributed by atoms with Gasteiger partial charge in [-0.25, -0.2) is 19.9 Å². The first-order valence-electron chi connectivity index (χ1n) is 20.3. The Balaban J connectivity index is 0.774. The molecule has 2 aliphatic rings. The third kappa shape index (κ3) is 11.8. The first-order chi connectivity index (χ1) is 30.2. The summed E-state index contributed by atoms with van der Waals surface area (Å²) >= 11 is 14.4. The van der Waals surface area contributed by atoms with E-state index in [9.17, 15) is 9.59 Å². The number of amides is 2. The van der Waals surface area contributed by atoms with E-state index in [0.717, 1.165) is 44.7 Å². The van der Waals surface area contributed by atoms with Crippen molar-refractivity contribution in [2.24, 2.45) is 0 Å². The third-order valence-corrected chi connectivity index (χ3v) is 12.1. The second-order valence-corrected chi connectivity index (χ2v) is 17.2. The van der Waals surface area contributed by atoms with E-state index in [4.69, 9.17) is 23.2 Å². The number of hydrogen-bond acceptors (Lipinski definition) is 14. The maximum atomic E-state index is 12.9. The number of aryl methyl sites for hydroxylation is 1. The maximum Gasteiger partial charge on any atom is 0.231 e. The minimum absolute atomic E-state index is 0.00674. The summed E-state index contributed by atoms with van der Waals surface area (Å²) in [5, 5.41) is 14.0. The number of benzene rings is 4. The van der Waals surface area contributed by atoms with E-state index in [1.54, 1.807) is 30.3 Å². The topological polar surface area (TPSA) is 169 Å². The lowest BCUT2D eigenvalue weighted by atomic mass is 10.1. The summed E-state index contributed by atoms with van der Waals surface area (Å²) in [6, 6.07) is 28.7. The molecule has 4 aromatic carbocycles. The monoisotopic (exact) mass is 889 g/mol. The number of carbonyl (C=O) groups is 2. The van der Waals surface area contributed by atoms with Crippen LogP contribution in [-0.2, 0) is 9.59 Å². The molecule has 0 atom stereocenters. The van der Waals surface area contributed by atoms with Gasteiger partial charge in [-0.15, -0.1) is 11.8 Å². The Morgan fingerprint density at radius 1 is 0.613 bits per heavy atom. The molecule has 2 amide bonds. The zero-order chi connectivity index (χ0) is 42.8. The molecule has 62 heavy (non-hydrogen) atoms. The molecule has 0 spiro atoms. The van der Waals surface area contributed by atoms with Crippen LogP contribution in [0.15, 0.2) is 109 Å². The molecule has 0 saturated carbocycles. The summed E-state index contributed by atoms with van der Waals surface area (Å²) in [6.45, 7) is 6.74. The number of aromatic nitrogens is 6. The number of nitrogens with one attached hydrogen (secondary N) is 4. The lowest BCUT2D eigenvalue weighted by Gasteiger charge is -2.36. The van der Waals surface area contributed by atoms with Crippen LogP contribution >= 0.6 is 35.0 Å². The first kappa shape index (κ1) is 42.5. The SMILES string of the molecule is Cc1ccc(SC2CCN(c3ncnc(Nc4cccc(NC(=O)CCC(=O)Nc5cccc(Nc6ncnc(N7CCN(c8cc(Cl)cc(Cl)c8)CC7)n6)c5)c4)n3)CC2)cc1. The number of piperidine rings is 1. The Labute approximate surface area is 374 Å². The van der Waals surface area contributed by atoms with E-state index in [1.807, 2.05) is 48.2 Å². The number of hydrogen-bond donors (Lipinski definition) is 4. The van der Waals surface area contributed by atoms with Crippen LogP contribution in [0.5, 0.6) is 0 Å². The summed E-state index contributed by atoms with van der Waals surface area (Å²) in [5.74, 6) is 1.39. The number of anilines is 9. The number of nitrogens with zero attached hydrogens (tertiary/aromatic N) is 9. The standard InChI is InChI=1S/C44H45Cl2N13O2S/c1-29-8-10-37(11-9-29)62-38-14-16-58(17-15-38)43-49-27-47-41(55-43)53-34-6-2-4-32(25-34)51-39(60)12-13-40(61)52-33-5-3-7-35(26-33)54-42-48-28-50-44(56-42)59-20-18-57(19-21-59)36-23-30(45)22-31(46)24-36/h2-11,22-28,38H,12-21H2,1H3,(H,51,60)(H,52,61)(H,47,49,53,55)(H,48,50,54,56). The lowest BCUT2D eigenvalue weighted by molar-refractivity contribution is -0.121. The van der Waals surface area contributed by atoms with Gasteiger partial charge in [0.05, 0.1) is 0 Å². The molecule has 2 aliphatic heterocycles. The molecule has 0 unspecified atom stereocenters. The minimum Gasteiger partial charge on any atom is -0.368 e. The van der Waals surface area contributed by atoms with Crippen LogP contribution in [0.4, 0.5) is 52.2 Å². The van der Waals surface area contributed by atoms with Gasteiger partial charge in [-0.1, -0.05) is 53.0 Å². The van der Waals surface area contributed by atoms with Crippen molar-refractivity contribution in [3.05, 3.63) is 119 Å². The van der Waals surface area contributed by atoms with Gasteiger partial charge >= 0.3 is 0 Å². The highest BCUT2D eigenvalue weighted by atomic mass is 35.5. The molecule has 0 bridgehead atoms. The lowest BCUT2D eigenvalue weighted by Crippen LogP contribution is -2.47. The van der Waals surface area contributed by atoms with E-state index in [2.05, 4.69) is 97.1 Å². The normalized spacial score (nSPS) is 14.3. The fourth-order valence-electron chi connectivity index (χ4n) is 7.15. The van der Waals surface area contributed by atoms with Crippen LogP contribution in [0, 0.1) is 6.92 Å². The molecule has 0 radical (unpaired) electrons. The van der Waals surface area contributed by atoms with Gasteiger partial charge in [-0.05, 0) is 86.5 Å². The quantitative estimate of drug-likeness (QED) is 0.0820. The summed E-state index contributed by atoms with van der Waals surface area (Å²) in [4.78, 5) is 60.4. The number of piperazine rings is 1. The van der Waals surface area contributed by atoms with Crippen molar-refractivity contribution in [2.75, 3.05) is 75.2 Å². The highest BCUT2D eigenvalue weighted by Crippen LogP contribution is 2.32. The maximum absolute atomic E-state index is 12.9. The van der Waals surface area contributed by atoms with Crippen molar-refractivity contribution in [1.82, 2.24) is 29.9 Å². The van der Waals surface area contributed by atoms with Crippen LogP contribution in [-0.4, -0.2) is 86.2 Å². The highest BCUT2D eigenvalue weighted by Gasteiger charge is 2.23. The van der Waals surface area contributed by atoms with Crippen LogP contribution < -0.4 is 36.0 Å². The zero-order valence-electron chi connectivity index (χ0n) is 34.0. The predicted molar refractivity (Wildman–Crippen MR) is 249 cm³/mol. The molecule has 4 heterocycles. The van der Waals surface area contributed by atoms with Gasteiger partial charge in [0.25, 0.3) is 0 Å². The summed E-state index contributed by atoms with van der Waals surface area (Å²) in [6.07, 6.45) is 5.04. The van der Waals surface area contributed by atoms with Crippen molar-refractivity contribution in [1.29, 1.82) is 0 Å². The van der Waals surface area contributed by atoms with E-state index in [-0.39, 0.29) is 24.7 Å². The van der Waals surface area contributed by atoms with Crippen molar-refractivity contribution >= 4 is 99.0 Å². The summed E-state index contributed by atoms with van der Waals surface area (Å²) in [5.41, 5.74) is 4.77. The van der Waals surface area contributed by atoms with Gasteiger partial charge in [0.2, 0.25) is 35.6 Å². The fourth-order valence-corrected chi connectivity index (χ4v) is 8.79. The summed E-state index contributed by atoms with van der Waals surface area (Å²) < 4.78 is 0. The number of rotatable bonds is 14. The predicted octanol–water partition coefficient (Wildman–Crippen LogP) is 8.60. The number of carbonyl (C=O) groups excluding carboxylic acids is 2. The third-order valence-electron chi connectivity index (χ3n) is 10.3. The molecule has 0 aliphatic carbocycles. The van der Waals surface area contributed by atoms with Crippen molar-refractivity contribution < 1.29 is 9.59 Å². The second kappa shape index (κ2) is 20.1. The van der Waals surface area contributed by atoms with E-state index >= 15 is 0 Å². The summed E-state index contributed by atoms with van der Waals surface area (Å²) in [7, 11) is 0. The smallest absolute Gasteiger partial charge is 0.231 e. The Bertz CT molecular complexity index is 2480. The molecule has 8 rings (SSSR count). The average molecular weight is 891 g/mol. The van der Waals surface area contributed by atoms with Crippen LogP contribution in [0.25, 0.3) is 0 Å². The van der Waals surface area contributed by atoms with Crippen molar-refractivity contribution in [3.63, 3.8) is 0 Å². The van der Waals surface area contributed by atoms with Gasteiger partial charge in [-0.3, -0.25) is 9.59 Å². The Morgan fingerprint density at radius 2 is 1.10 bits per heavy atom. The Hall–Kier alpha value is -6.23. The largest absolute Gasteiger partial charge is 0.368 e. The van der Waals surface area contributed by atoms with Crippen LogP contribution in [0.1, 0.15) is 31.2 Å². The van der Waals surface area contributed by atoms with Gasteiger partial charge in [0, 0.05) is 101 Å². The zero-order valence-corrected chi connectivity index (χ0v) is 36.3. The van der Waals surface area contributed by atoms with Crippen molar-refractivity contribution in [2.45, 2.75) is 42.8 Å². The van der Waals surface area contributed by atoms with E-state index < -0.39 is 0 Å². The highest BCUT2D eigenvalue weighted by molar-refractivity contribution is 8.00. The molecular formula is C44H45Cl2N13O2S. The molecule has 2 saturated heterocycles. The molecule has 15 nitrogen and oxygen atoms in total. The molecule has 2 aromatic heterocycles. The van der Waals surface area contributed by atoms with E-state index in [1.165, 1.54) is 23.1 Å². The molecule has 2 fully saturated rings. The van der Waals surface area contributed by atoms with E-state index in [0.29, 0.717) is 74.9 Å². The van der Waals surface area contributed by atoms with Gasteiger partial charge in [0.15, 0.2) is 0 Å². The fraction of sp³-hybridized carbons (Fsp3) is 0.273. The molecule has 318 valence electrons. The first-order valence-corrected chi connectivity index (χ1v) is 22.0. The molecule has 4 N–H and O–H groups in total. The number of thioether (sulfide) groups is 1. The van der Waals surface area contributed by atoms with Crippen molar-refractivity contribution in [3.8, 4) is 0 Å². The second-order valence-electron chi connectivity index (χ2n) is 14.9. The van der Waals surface area contributed by atoms with Crippen LogP contribution in [0.3, 0.4) is 0 Å².